The Morgan fingerprint density at radius 1 is 0.781 bits per heavy atom. The van der Waals surface area contributed by atoms with Crippen LogP contribution in [0, 0.1) is 5.92 Å². The van der Waals surface area contributed by atoms with Gasteiger partial charge in [0.1, 0.15) is 25.4 Å². The van der Waals surface area contributed by atoms with E-state index in [-0.39, 0.29) is 24.1 Å². The van der Waals surface area contributed by atoms with Gasteiger partial charge in [0, 0.05) is 12.8 Å². The van der Waals surface area contributed by atoms with Crippen LogP contribution in [-0.4, -0.2) is 50.6 Å². The van der Waals surface area contributed by atoms with Crippen molar-refractivity contribution in [3.05, 3.63) is 24.8 Å². The molecule has 0 radical (unpaired) electrons. The van der Waals surface area contributed by atoms with Gasteiger partial charge in [0.05, 0.1) is 13.2 Å². The van der Waals surface area contributed by atoms with E-state index in [1.54, 1.807) is 0 Å². The van der Waals surface area contributed by atoms with Gasteiger partial charge in [0.15, 0.2) is 0 Å². The van der Waals surface area contributed by atoms with Gasteiger partial charge in [-0.05, 0) is 50.9 Å². The summed E-state index contributed by atoms with van der Waals surface area (Å²) in [5, 5.41) is 0. The van der Waals surface area contributed by atoms with Gasteiger partial charge in [-0.15, -0.1) is 6.58 Å². The lowest BCUT2D eigenvalue weighted by molar-refractivity contribution is -0.145. The first kappa shape index (κ1) is 26.6. The van der Waals surface area contributed by atoms with Crippen LogP contribution in [0.2, 0.25) is 0 Å². The van der Waals surface area contributed by atoms with Gasteiger partial charge in [0.2, 0.25) is 0 Å². The molecule has 0 N–H and O–H groups in total. The first-order valence-electron chi connectivity index (χ1n) is 12.5. The maximum absolute atomic E-state index is 11.6. The Bertz CT molecular complexity index is 565. The highest BCUT2D eigenvalue weighted by Gasteiger charge is 2.24. The summed E-state index contributed by atoms with van der Waals surface area (Å²) >= 11 is 0. The van der Waals surface area contributed by atoms with Crippen LogP contribution < -0.4 is 0 Å². The lowest BCUT2D eigenvalue weighted by atomic mass is 9.96. The Hall–Kier alpha value is -1.66. The minimum absolute atomic E-state index is 0.0981. The second-order valence-corrected chi connectivity index (χ2v) is 8.87. The molecule has 2 aliphatic heterocycles. The van der Waals surface area contributed by atoms with Crippen molar-refractivity contribution in [2.24, 2.45) is 5.92 Å². The van der Waals surface area contributed by atoms with Gasteiger partial charge < -0.3 is 18.9 Å². The molecule has 0 aromatic carbocycles. The molecule has 3 unspecified atom stereocenters. The quantitative estimate of drug-likeness (QED) is 0.102. The highest BCUT2D eigenvalue weighted by molar-refractivity contribution is 5.69. The normalized spacial score (nSPS) is 20.1. The van der Waals surface area contributed by atoms with Crippen molar-refractivity contribution in [1.29, 1.82) is 0 Å². The van der Waals surface area contributed by atoms with Gasteiger partial charge in [0.25, 0.3) is 0 Å². The van der Waals surface area contributed by atoms with Crippen LogP contribution in [0.5, 0.6) is 0 Å². The zero-order valence-corrected chi connectivity index (χ0v) is 19.6. The molecule has 2 heterocycles. The van der Waals surface area contributed by atoms with E-state index < -0.39 is 0 Å². The Kier molecular flexibility index (Phi) is 14.0. The summed E-state index contributed by atoms with van der Waals surface area (Å²) in [5.74, 6) is 0.344. The molecule has 0 saturated carbocycles. The third-order valence-corrected chi connectivity index (χ3v) is 5.83. The second-order valence-electron chi connectivity index (χ2n) is 8.87. The Balaban J connectivity index is 1.33. The summed E-state index contributed by atoms with van der Waals surface area (Å²) in [4.78, 5) is 23.1. The number of allylic oxidation sites excluding steroid dienone is 3. The number of hydrogen-bond acceptors (Lipinski definition) is 6. The molecule has 6 heteroatoms. The number of hydrogen-bond donors (Lipinski definition) is 0. The summed E-state index contributed by atoms with van der Waals surface area (Å²) in [7, 11) is 0. The highest BCUT2D eigenvalue weighted by Crippen LogP contribution is 2.18. The van der Waals surface area contributed by atoms with Gasteiger partial charge in [-0.2, -0.15) is 0 Å². The molecule has 2 rings (SSSR count). The molecule has 3 atom stereocenters. The lowest BCUT2D eigenvalue weighted by Gasteiger charge is -2.10. The first-order valence-corrected chi connectivity index (χ1v) is 12.5. The van der Waals surface area contributed by atoms with Gasteiger partial charge in [-0.25, -0.2) is 0 Å². The molecule has 182 valence electrons. The van der Waals surface area contributed by atoms with E-state index in [9.17, 15) is 9.59 Å². The minimum Gasteiger partial charge on any atom is -0.463 e. The molecule has 2 fully saturated rings. The average Bonchev–Trinajstić information content (AvgIpc) is 3.70. The van der Waals surface area contributed by atoms with Crippen LogP contribution in [0.3, 0.4) is 0 Å². The van der Waals surface area contributed by atoms with Crippen LogP contribution in [0.1, 0.15) is 83.5 Å². The fraction of sp³-hybridized carbons (Fsp3) is 0.769. The van der Waals surface area contributed by atoms with Crippen LogP contribution in [0.4, 0.5) is 0 Å². The van der Waals surface area contributed by atoms with Crippen molar-refractivity contribution in [2.75, 3.05) is 26.4 Å². The maximum atomic E-state index is 11.6. The molecule has 0 aromatic rings. The molecule has 0 spiro atoms. The number of ether oxygens (including phenoxy) is 4. The van der Waals surface area contributed by atoms with Crippen molar-refractivity contribution in [2.45, 2.75) is 95.7 Å². The number of unbranched alkanes of at least 4 members (excludes halogenated alkanes) is 6. The number of carbonyl (C=O) groups is 2. The standard InChI is InChI=1S/C26H42O6/c1-2-22(15-11-9-13-17-26(28)32-21-24-19-30-24)14-10-7-5-3-4-6-8-12-16-25(27)31-20-23-18-29-23/h2,5,7,22-24H,1,3-4,6,8-21H2. The zero-order valence-electron chi connectivity index (χ0n) is 19.6. The van der Waals surface area contributed by atoms with Gasteiger partial charge >= 0.3 is 11.9 Å². The summed E-state index contributed by atoms with van der Waals surface area (Å²) < 4.78 is 20.3. The van der Waals surface area contributed by atoms with Crippen LogP contribution >= 0.6 is 0 Å². The monoisotopic (exact) mass is 450 g/mol. The zero-order chi connectivity index (χ0) is 22.9. The average molecular weight is 451 g/mol. The van der Waals surface area contributed by atoms with E-state index in [1.807, 2.05) is 0 Å². The van der Waals surface area contributed by atoms with E-state index in [2.05, 4.69) is 24.8 Å². The van der Waals surface area contributed by atoms with Gasteiger partial charge in [-0.1, -0.05) is 43.9 Å². The fourth-order valence-electron chi connectivity index (χ4n) is 3.51. The molecule has 0 aliphatic carbocycles. The molecule has 0 aromatic heterocycles. The molecule has 2 aliphatic rings. The van der Waals surface area contributed by atoms with Crippen molar-refractivity contribution in [3.63, 3.8) is 0 Å². The summed E-state index contributed by atoms with van der Waals surface area (Å²) in [5.41, 5.74) is 0. The highest BCUT2D eigenvalue weighted by atomic mass is 16.6. The summed E-state index contributed by atoms with van der Waals surface area (Å²) in [6, 6.07) is 0. The van der Waals surface area contributed by atoms with Gasteiger partial charge in [-0.3, -0.25) is 9.59 Å². The second kappa shape index (κ2) is 16.9. The maximum Gasteiger partial charge on any atom is 0.305 e. The fourth-order valence-corrected chi connectivity index (χ4v) is 3.51. The number of epoxide rings is 2. The van der Waals surface area contributed by atoms with Crippen molar-refractivity contribution >= 4 is 11.9 Å². The van der Waals surface area contributed by atoms with Crippen LogP contribution in [0.15, 0.2) is 24.8 Å². The van der Waals surface area contributed by atoms with Crippen molar-refractivity contribution < 1.29 is 28.5 Å². The SMILES string of the molecule is C=CC(CCC=CCCCCCCC(=O)OCC1CO1)CCCCCC(=O)OCC1CO1. The predicted molar refractivity (Wildman–Crippen MR) is 124 cm³/mol. The molecule has 0 amide bonds. The Morgan fingerprint density at radius 3 is 1.88 bits per heavy atom. The molecule has 0 bridgehead atoms. The number of esters is 2. The number of carbonyl (C=O) groups excluding carboxylic acids is 2. The molecular formula is C26H42O6. The van der Waals surface area contributed by atoms with E-state index in [0.717, 1.165) is 77.4 Å². The predicted octanol–water partition coefficient (Wildman–Crippen LogP) is 5.30. The molecule has 2 saturated heterocycles. The minimum atomic E-state index is -0.104. The van der Waals surface area contributed by atoms with Crippen molar-refractivity contribution in [3.8, 4) is 0 Å². The van der Waals surface area contributed by atoms with Crippen molar-refractivity contribution in [1.82, 2.24) is 0 Å². The summed E-state index contributed by atoms with van der Waals surface area (Å²) in [6.45, 7) is 6.27. The van der Waals surface area contributed by atoms with E-state index in [4.69, 9.17) is 18.9 Å². The first-order chi connectivity index (χ1) is 15.7. The van der Waals surface area contributed by atoms with E-state index >= 15 is 0 Å². The van der Waals surface area contributed by atoms with Crippen LogP contribution in [-0.2, 0) is 28.5 Å². The van der Waals surface area contributed by atoms with E-state index in [1.165, 1.54) is 6.42 Å². The molecular weight excluding hydrogens is 408 g/mol. The summed E-state index contributed by atoms with van der Waals surface area (Å²) in [6.07, 6.45) is 19.8. The third-order valence-electron chi connectivity index (χ3n) is 5.83. The smallest absolute Gasteiger partial charge is 0.305 e. The molecule has 32 heavy (non-hydrogen) atoms. The Labute approximate surface area is 193 Å². The lowest BCUT2D eigenvalue weighted by Crippen LogP contribution is -2.09. The Morgan fingerprint density at radius 2 is 1.31 bits per heavy atom. The topological polar surface area (TPSA) is 77.7 Å². The third kappa shape index (κ3) is 15.2. The van der Waals surface area contributed by atoms with Crippen LogP contribution in [0.25, 0.3) is 0 Å². The largest absolute Gasteiger partial charge is 0.463 e. The molecule has 6 nitrogen and oxygen atoms in total. The number of rotatable bonds is 21. The van der Waals surface area contributed by atoms with E-state index in [0.29, 0.717) is 32.0 Å².